The molecule has 0 heterocycles. The standard InChI is InChI=1S/C13H14O2.ClH/c14-13(15)12-9-5-4-8-11(12)10-6-2-1-3-7-10;/h1-3,6-8,12H,4-5,9H2,(H,14,15);1H. The van der Waals surface area contributed by atoms with Crippen molar-refractivity contribution in [3.63, 3.8) is 0 Å². The third-order valence-electron chi connectivity index (χ3n) is 2.84. The van der Waals surface area contributed by atoms with Crippen LogP contribution in [-0.2, 0) is 4.79 Å². The normalized spacial score (nSPS) is 19.5. The maximum atomic E-state index is 11.1. The van der Waals surface area contributed by atoms with Gasteiger partial charge in [-0.1, -0.05) is 36.4 Å². The first-order chi connectivity index (χ1) is 7.29. The lowest BCUT2D eigenvalue weighted by Gasteiger charge is -2.20. The SMILES string of the molecule is Cl.O=C(O)C1CCCC=C1c1ccccc1. The van der Waals surface area contributed by atoms with Crippen molar-refractivity contribution in [1.82, 2.24) is 0 Å². The molecular weight excluding hydrogens is 224 g/mol. The molecule has 1 aromatic rings. The van der Waals surface area contributed by atoms with Crippen LogP contribution in [0.25, 0.3) is 5.57 Å². The summed E-state index contributed by atoms with van der Waals surface area (Å²) in [5.74, 6) is -1.02. The topological polar surface area (TPSA) is 37.3 Å². The maximum absolute atomic E-state index is 11.1. The molecule has 0 aliphatic heterocycles. The highest BCUT2D eigenvalue weighted by atomic mass is 35.5. The van der Waals surface area contributed by atoms with Gasteiger partial charge < -0.3 is 5.11 Å². The fourth-order valence-electron chi connectivity index (χ4n) is 2.08. The minimum atomic E-state index is -0.704. The molecule has 1 aliphatic carbocycles. The summed E-state index contributed by atoms with van der Waals surface area (Å²) in [5, 5.41) is 9.13. The van der Waals surface area contributed by atoms with E-state index in [-0.39, 0.29) is 18.3 Å². The quantitative estimate of drug-likeness (QED) is 0.858. The number of rotatable bonds is 2. The van der Waals surface area contributed by atoms with Crippen molar-refractivity contribution in [3.8, 4) is 0 Å². The highest BCUT2D eigenvalue weighted by molar-refractivity contribution is 5.87. The second-order valence-electron chi connectivity index (χ2n) is 3.85. The zero-order chi connectivity index (χ0) is 10.7. The number of halogens is 1. The number of hydrogen-bond acceptors (Lipinski definition) is 1. The van der Waals surface area contributed by atoms with Crippen LogP contribution in [0.15, 0.2) is 36.4 Å². The molecule has 3 heteroatoms. The van der Waals surface area contributed by atoms with E-state index in [1.54, 1.807) is 0 Å². The summed E-state index contributed by atoms with van der Waals surface area (Å²) in [6.45, 7) is 0. The Morgan fingerprint density at radius 3 is 2.56 bits per heavy atom. The van der Waals surface area contributed by atoms with Crippen molar-refractivity contribution < 1.29 is 9.90 Å². The predicted molar refractivity (Wildman–Crippen MR) is 66.6 cm³/mol. The predicted octanol–water partition coefficient (Wildman–Crippen LogP) is 3.38. The zero-order valence-corrected chi connectivity index (χ0v) is 9.74. The Morgan fingerprint density at radius 1 is 1.25 bits per heavy atom. The van der Waals surface area contributed by atoms with Crippen LogP contribution < -0.4 is 0 Å². The zero-order valence-electron chi connectivity index (χ0n) is 8.93. The first kappa shape index (κ1) is 12.8. The van der Waals surface area contributed by atoms with E-state index in [1.165, 1.54) is 0 Å². The van der Waals surface area contributed by atoms with Gasteiger partial charge in [0.15, 0.2) is 0 Å². The number of allylic oxidation sites excluding steroid dienone is 1. The molecule has 1 atom stereocenters. The van der Waals surface area contributed by atoms with Crippen molar-refractivity contribution >= 4 is 23.9 Å². The molecule has 1 unspecified atom stereocenters. The lowest BCUT2D eigenvalue weighted by atomic mass is 9.84. The van der Waals surface area contributed by atoms with E-state index in [9.17, 15) is 4.79 Å². The summed E-state index contributed by atoms with van der Waals surface area (Å²) >= 11 is 0. The van der Waals surface area contributed by atoms with E-state index in [0.717, 1.165) is 30.4 Å². The van der Waals surface area contributed by atoms with E-state index in [1.807, 2.05) is 30.3 Å². The van der Waals surface area contributed by atoms with Gasteiger partial charge in [0.1, 0.15) is 0 Å². The number of carboxylic acids is 1. The number of carboxylic acid groups (broad SMARTS) is 1. The molecule has 1 N–H and O–H groups in total. The number of aliphatic carboxylic acids is 1. The number of carbonyl (C=O) groups is 1. The van der Waals surface area contributed by atoms with Crippen molar-refractivity contribution in [2.75, 3.05) is 0 Å². The van der Waals surface area contributed by atoms with Gasteiger partial charge in [-0.2, -0.15) is 0 Å². The van der Waals surface area contributed by atoms with Crippen LogP contribution >= 0.6 is 12.4 Å². The van der Waals surface area contributed by atoms with Crippen LogP contribution in [0.5, 0.6) is 0 Å². The van der Waals surface area contributed by atoms with Crippen LogP contribution in [0.4, 0.5) is 0 Å². The van der Waals surface area contributed by atoms with Gasteiger partial charge in [-0.3, -0.25) is 4.79 Å². The molecule has 2 nitrogen and oxygen atoms in total. The second-order valence-corrected chi connectivity index (χ2v) is 3.85. The minimum Gasteiger partial charge on any atom is -0.481 e. The molecule has 1 aromatic carbocycles. The van der Waals surface area contributed by atoms with Gasteiger partial charge in [-0.05, 0) is 30.4 Å². The summed E-state index contributed by atoms with van der Waals surface area (Å²) in [6, 6.07) is 9.80. The third kappa shape index (κ3) is 2.64. The summed E-state index contributed by atoms with van der Waals surface area (Å²) < 4.78 is 0. The first-order valence-corrected chi connectivity index (χ1v) is 5.27. The summed E-state index contributed by atoms with van der Waals surface area (Å²) in [5.41, 5.74) is 2.03. The van der Waals surface area contributed by atoms with Gasteiger partial charge in [0.05, 0.1) is 5.92 Å². The highest BCUT2D eigenvalue weighted by Crippen LogP contribution is 2.32. The van der Waals surface area contributed by atoms with Gasteiger partial charge in [0.2, 0.25) is 0 Å². The molecule has 1 aliphatic rings. The highest BCUT2D eigenvalue weighted by Gasteiger charge is 2.25. The smallest absolute Gasteiger partial charge is 0.310 e. The Morgan fingerprint density at radius 2 is 1.94 bits per heavy atom. The van der Waals surface area contributed by atoms with Crippen molar-refractivity contribution in [2.45, 2.75) is 19.3 Å². The fourth-order valence-corrected chi connectivity index (χ4v) is 2.08. The Balaban J connectivity index is 0.00000128. The Hall–Kier alpha value is -1.28. The Labute approximate surface area is 101 Å². The van der Waals surface area contributed by atoms with Crippen LogP contribution in [0.2, 0.25) is 0 Å². The summed E-state index contributed by atoms with van der Waals surface area (Å²) in [7, 11) is 0. The molecule has 0 amide bonds. The molecule has 0 saturated heterocycles. The summed E-state index contributed by atoms with van der Waals surface area (Å²) in [6.07, 6.45) is 4.80. The van der Waals surface area contributed by atoms with E-state index in [4.69, 9.17) is 5.11 Å². The van der Waals surface area contributed by atoms with Crippen LogP contribution in [0.3, 0.4) is 0 Å². The molecule has 0 radical (unpaired) electrons. The van der Waals surface area contributed by atoms with Crippen LogP contribution in [0, 0.1) is 5.92 Å². The molecule has 2 rings (SSSR count). The average molecular weight is 239 g/mol. The van der Waals surface area contributed by atoms with Crippen LogP contribution in [0.1, 0.15) is 24.8 Å². The lowest BCUT2D eigenvalue weighted by Crippen LogP contribution is -2.17. The number of benzene rings is 1. The van der Waals surface area contributed by atoms with E-state index in [2.05, 4.69) is 6.08 Å². The molecule has 0 spiro atoms. The lowest BCUT2D eigenvalue weighted by molar-refractivity contribution is -0.139. The molecule has 0 bridgehead atoms. The monoisotopic (exact) mass is 238 g/mol. The molecule has 0 fully saturated rings. The minimum absolute atomic E-state index is 0. The molecule has 16 heavy (non-hydrogen) atoms. The Bertz CT molecular complexity index is 384. The average Bonchev–Trinajstić information content (AvgIpc) is 2.30. The van der Waals surface area contributed by atoms with Crippen molar-refractivity contribution in [3.05, 3.63) is 42.0 Å². The summed E-state index contributed by atoms with van der Waals surface area (Å²) in [4.78, 5) is 11.1. The van der Waals surface area contributed by atoms with Gasteiger partial charge in [0, 0.05) is 0 Å². The second kappa shape index (κ2) is 5.71. The van der Waals surface area contributed by atoms with E-state index in [0.29, 0.717) is 0 Å². The van der Waals surface area contributed by atoms with Crippen molar-refractivity contribution in [1.29, 1.82) is 0 Å². The van der Waals surface area contributed by atoms with E-state index >= 15 is 0 Å². The Kier molecular flexibility index (Phi) is 4.56. The number of hydrogen-bond donors (Lipinski definition) is 1. The van der Waals surface area contributed by atoms with Crippen LogP contribution in [-0.4, -0.2) is 11.1 Å². The molecular formula is C13H15ClO2. The molecule has 86 valence electrons. The van der Waals surface area contributed by atoms with Gasteiger partial charge in [-0.25, -0.2) is 0 Å². The maximum Gasteiger partial charge on any atom is 0.310 e. The fraction of sp³-hybridized carbons (Fsp3) is 0.308. The van der Waals surface area contributed by atoms with Gasteiger partial charge >= 0.3 is 5.97 Å². The molecule has 0 saturated carbocycles. The first-order valence-electron chi connectivity index (χ1n) is 5.27. The largest absolute Gasteiger partial charge is 0.481 e. The third-order valence-corrected chi connectivity index (χ3v) is 2.84. The van der Waals surface area contributed by atoms with Gasteiger partial charge in [0.25, 0.3) is 0 Å². The van der Waals surface area contributed by atoms with Gasteiger partial charge in [-0.15, -0.1) is 12.4 Å². The van der Waals surface area contributed by atoms with E-state index < -0.39 is 5.97 Å². The van der Waals surface area contributed by atoms with Crippen molar-refractivity contribution in [2.24, 2.45) is 5.92 Å². The molecule has 0 aromatic heterocycles.